The van der Waals surface area contributed by atoms with E-state index >= 15 is 0 Å². The maximum absolute atomic E-state index is 13.7. The average Bonchev–Trinajstić information content (AvgIpc) is 3.33. The van der Waals surface area contributed by atoms with Gasteiger partial charge in [0.2, 0.25) is 25.0 Å². The minimum absolute atomic E-state index is 0.0265. The van der Waals surface area contributed by atoms with Crippen LogP contribution < -0.4 is 0 Å². The van der Waals surface area contributed by atoms with Crippen LogP contribution >= 0.6 is 11.6 Å². The number of halogens is 1. The molecule has 1 fully saturated rings. The van der Waals surface area contributed by atoms with Gasteiger partial charge in [-0.25, -0.2) is 21.8 Å². The number of ether oxygens (including phenoxy) is 1. The van der Waals surface area contributed by atoms with E-state index in [9.17, 15) is 16.8 Å². The average molecular weight is 581 g/mol. The highest BCUT2D eigenvalue weighted by Crippen LogP contribution is 2.25. The van der Waals surface area contributed by atoms with Gasteiger partial charge in [-0.2, -0.15) is 4.31 Å². The zero-order chi connectivity index (χ0) is 27.3. The highest BCUT2D eigenvalue weighted by atomic mass is 35.5. The molecule has 4 rings (SSSR count). The first-order valence-electron chi connectivity index (χ1n) is 12.5. The molecule has 38 heavy (non-hydrogen) atoms. The number of benzene rings is 2. The monoisotopic (exact) mass is 580 g/mol. The number of sulfonamides is 1. The van der Waals surface area contributed by atoms with Gasteiger partial charge in [-0.1, -0.05) is 41.9 Å². The third kappa shape index (κ3) is 6.83. The van der Waals surface area contributed by atoms with E-state index < -0.39 is 19.9 Å². The minimum Gasteiger partial charge on any atom is -0.379 e. The van der Waals surface area contributed by atoms with Crippen molar-refractivity contribution in [3.63, 3.8) is 0 Å². The van der Waals surface area contributed by atoms with Crippen LogP contribution in [-0.4, -0.2) is 75.0 Å². The van der Waals surface area contributed by atoms with E-state index in [4.69, 9.17) is 16.3 Å². The molecule has 2 aromatic carbocycles. The molecule has 0 unspecified atom stereocenters. The summed E-state index contributed by atoms with van der Waals surface area (Å²) in [4.78, 5) is 6.56. The maximum Gasteiger partial charge on any atom is 0.243 e. The molecule has 12 heteroatoms. The van der Waals surface area contributed by atoms with Crippen molar-refractivity contribution in [1.29, 1.82) is 0 Å². The van der Waals surface area contributed by atoms with Crippen LogP contribution in [0.1, 0.15) is 31.1 Å². The van der Waals surface area contributed by atoms with Gasteiger partial charge in [-0.15, -0.1) is 0 Å². The van der Waals surface area contributed by atoms with Gasteiger partial charge in [-0.3, -0.25) is 4.90 Å². The van der Waals surface area contributed by atoms with E-state index in [1.807, 2.05) is 19.9 Å². The lowest BCUT2D eigenvalue weighted by Gasteiger charge is -2.30. The fourth-order valence-corrected chi connectivity index (χ4v) is 7.56. The molecule has 9 nitrogen and oxygen atoms in total. The lowest BCUT2D eigenvalue weighted by molar-refractivity contribution is 0.0361. The van der Waals surface area contributed by atoms with Crippen LogP contribution in [0.15, 0.2) is 70.8 Å². The van der Waals surface area contributed by atoms with Gasteiger partial charge in [0.25, 0.3) is 0 Å². The van der Waals surface area contributed by atoms with E-state index in [0.29, 0.717) is 36.0 Å². The molecule has 1 saturated heterocycles. The first kappa shape index (κ1) is 28.7. The van der Waals surface area contributed by atoms with Crippen molar-refractivity contribution in [2.45, 2.75) is 42.2 Å². The molecular formula is C26H33ClN4O5S2. The molecule has 0 saturated carbocycles. The number of sulfone groups is 1. The highest BCUT2D eigenvalue weighted by molar-refractivity contribution is 7.90. The third-order valence-electron chi connectivity index (χ3n) is 6.39. The number of morpholine rings is 1. The van der Waals surface area contributed by atoms with Gasteiger partial charge < -0.3 is 9.30 Å². The van der Waals surface area contributed by atoms with Crippen LogP contribution in [0.25, 0.3) is 0 Å². The minimum atomic E-state index is -3.91. The standard InChI is InChI=1S/C26H33ClN4O5S2/c1-21(2)31-24(18-28-26(31)37(32,33)20-22-6-4-3-5-7-22)19-30(13-12-29-14-16-36-17-15-29)38(34,35)25-10-8-23(27)9-11-25/h3-11,18,21H,12-17,19-20H2,1-2H3. The summed E-state index contributed by atoms with van der Waals surface area (Å²) in [5.74, 6) is -0.194. The van der Waals surface area contributed by atoms with Crippen molar-refractivity contribution in [1.82, 2.24) is 18.8 Å². The Bertz CT molecular complexity index is 1420. The Labute approximate surface area is 230 Å². The van der Waals surface area contributed by atoms with Crippen LogP contribution in [0.2, 0.25) is 5.02 Å². The van der Waals surface area contributed by atoms with Gasteiger partial charge in [0.15, 0.2) is 0 Å². The van der Waals surface area contributed by atoms with Crippen LogP contribution in [0.4, 0.5) is 0 Å². The second-order valence-electron chi connectivity index (χ2n) is 9.49. The molecule has 1 aromatic heterocycles. The Balaban J connectivity index is 1.66. The molecule has 3 aromatic rings. The molecule has 0 amide bonds. The summed E-state index contributed by atoms with van der Waals surface area (Å²) in [5, 5.41) is 0.373. The highest BCUT2D eigenvalue weighted by Gasteiger charge is 2.30. The van der Waals surface area contributed by atoms with Gasteiger partial charge >= 0.3 is 0 Å². The summed E-state index contributed by atoms with van der Waals surface area (Å²) in [6.45, 7) is 7.09. The van der Waals surface area contributed by atoms with Crippen molar-refractivity contribution < 1.29 is 21.6 Å². The van der Waals surface area contributed by atoms with Crippen LogP contribution in [0.3, 0.4) is 0 Å². The van der Waals surface area contributed by atoms with E-state index in [1.165, 1.54) is 22.6 Å². The molecule has 0 N–H and O–H groups in total. The molecular weight excluding hydrogens is 548 g/mol. The first-order valence-corrected chi connectivity index (χ1v) is 15.9. The number of imidazole rings is 1. The van der Waals surface area contributed by atoms with Crippen molar-refractivity contribution in [2.24, 2.45) is 0 Å². The summed E-state index contributed by atoms with van der Waals surface area (Å²) >= 11 is 6.00. The molecule has 0 radical (unpaired) electrons. The molecule has 0 bridgehead atoms. The summed E-state index contributed by atoms with van der Waals surface area (Å²) in [6.07, 6.45) is 1.47. The van der Waals surface area contributed by atoms with Gasteiger partial charge in [-0.05, 0) is 43.7 Å². The van der Waals surface area contributed by atoms with E-state index in [1.54, 1.807) is 41.0 Å². The Kier molecular flexibility index (Phi) is 9.27. The number of hydrogen-bond acceptors (Lipinski definition) is 7. The van der Waals surface area contributed by atoms with Crippen molar-refractivity contribution in [2.75, 3.05) is 39.4 Å². The Morgan fingerprint density at radius 3 is 2.29 bits per heavy atom. The molecule has 206 valence electrons. The molecule has 1 aliphatic rings. The normalized spacial score (nSPS) is 15.4. The number of aromatic nitrogens is 2. The molecule has 0 spiro atoms. The number of nitrogens with zero attached hydrogens (tertiary/aromatic N) is 4. The van der Waals surface area contributed by atoms with E-state index in [2.05, 4.69) is 9.88 Å². The zero-order valence-corrected chi connectivity index (χ0v) is 23.9. The van der Waals surface area contributed by atoms with Crippen LogP contribution in [0.5, 0.6) is 0 Å². The van der Waals surface area contributed by atoms with Gasteiger partial charge in [0.05, 0.1) is 42.3 Å². The second kappa shape index (κ2) is 12.3. The second-order valence-corrected chi connectivity index (χ2v) is 13.7. The van der Waals surface area contributed by atoms with Gasteiger partial charge in [0.1, 0.15) is 0 Å². The summed E-state index contributed by atoms with van der Waals surface area (Å²) < 4.78 is 62.6. The lowest BCUT2D eigenvalue weighted by atomic mass is 10.2. The fraction of sp³-hybridized carbons (Fsp3) is 0.423. The molecule has 1 aliphatic heterocycles. The van der Waals surface area contributed by atoms with E-state index in [-0.39, 0.29) is 34.9 Å². The smallest absolute Gasteiger partial charge is 0.243 e. The Morgan fingerprint density at radius 2 is 1.66 bits per heavy atom. The first-order chi connectivity index (χ1) is 18.1. The predicted molar refractivity (Wildman–Crippen MR) is 146 cm³/mol. The Morgan fingerprint density at radius 1 is 1.00 bits per heavy atom. The quantitative estimate of drug-likeness (QED) is 0.341. The van der Waals surface area contributed by atoms with Gasteiger partial charge in [0, 0.05) is 37.2 Å². The zero-order valence-electron chi connectivity index (χ0n) is 21.5. The number of rotatable bonds is 11. The summed E-state index contributed by atoms with van der Waals surface area (Å²) in [7, 11) is -7.69. The maximum atomic E-state index is 13.7. The van der Waals surface area contributed by atoms with E-state index in [0.717, 1.165) is 13.1 Å². The number of hydrogen-bond donors (Lipinski definition) is 0. The SMILES string of the molecule is CC(C)n1c(CN(CCN2CCOCC2)S(=O)(=O)c2ccc(Cl)cc2)cnc1S(=O)(=O)Cc1ccccc1. The Hall–Kier alpha value is -2.28. The third-order valence-corrected chi connectivity index (χ3v) is 10.1. The fourth-order valence-electron chi connectivity index (χ4n) is 4.43. The largest absolute Gasteiger partial charge is 0.379 e. The predicted octanol–water partition coefficient (Wildman–Crippen LogP) is 3.61. The summed E-state index contributed by atoms with van der Waals surface area (Å²) in [6, 6.07) is 14.7. The van der Waals surface area contributed by atoms with Crippen LogP contribution in [-0.2, 0) is 36.9 Å². The van der Waals surface area contributed by atoms with Crippen molar-refractivity contribution >= 4 is 31.5 Å². The molecule has 2 heterocycles. The van der Waals surface area contributed by atoms with Crippen molar-refractivity contribution in [3.05, 3.63) is 77.1 Å². The topological polar surface area (TPSA) is 102 Å². The molecule has 0 aliphatic carbocycles. The summed E-state index contributed by atoms with van der Waals surface area (Å²) in [5.41, 5.74) is 1.16. The molecule has 0 atom stereocenters. The van der Waals surface area contributed by atoms with Crippen LogP contribution in [0, 0.1) is 0 Å². The lowest BCUT2D eigenvalue weighted by Crippen LogP contribution is -2.43. The van der Waals surface area contributed by atoms with Crippen molar-refractivity contribution in [3.8, 4) is 0 Å².